The van der Waals surface area contributed by atoms with Gasteiger partial charge >= 0.3 is 16.6 Å². The fourth-order valence-electron chi connectivity index (χ4n) is 0.192. The van der Waals surface area contributed by atoms with E-state index in [9.17, 15) is 0 Å². The van der Waals surface area contributed by atoms with E-state index < -0.39 is 0 Å². The summed E-state index contributed by atoms with van der Waals surface area (Å²) >= 11 is 2.22. The molecule has 0 aliphatic carbocycles. The smallest absolute Gasteiger partial charge is 0.369 e. The van der Waals surface area contributed by atoms with Crippen molar-refractivity contribution in [3.63, 3.8) is 0 Å². The fourth-order valence-corrected chi connectivity index (χ4v) is 0.577. The van der Waals surface area contributed by atoms with Gasteiger partial charge in [0.25, 0.3) is 0 Å². The normalized spacial score (nSPS) is 9.83. The Morgan fingerprint density at radius 3 is 2.17 bits per heavy atom. The molecule has 0 spiro atoms. The van der Waals surface area contributed by atoms with Gasteiger partial charge in [0.1, 0.15) is 0 Å². The van der Waals surface area contributed by atoms with E-state index in [2.05, 4.69) is 30.5 Å². The molecule has 2 heteroatoms. The largest absolute Gasteiger partial charge is 0.516 e. The Bertz CT molecular complexity index is 28.7. The maximum atomic E-state index is 4.72. The molecule has 0 saturated carbocycles. The summed E-state index contributed by atoms with van der Waals surface area (Å²) < 4.78 is 4.72. The van der Waals surface area contributed by atoms with Crippen molar-refractivity contribution < 1.29 is 3.79 Å². The van der Waals surface area contributed by atoms with Gasteiger partial charge in [-0.1, -0.05) is 13.8 Å². The highest BCUT2D eigenvalue weighted by molar-refractivity contribution is 5.97. The zero-order valence-corrected chi connectivity index (χ0v) is 5.42. The second-order valence-electron chi connectivity index (χ2n) is 1.73. The molecule has 0 aliphatic heterocycles. The second kappa shape index (κ2) is 3.67. The van der Waals surface area contributed by atoms with Crippen LogP contribution in [0.1, 0.15) is 13.8 Å². The average molecular weight is 100 g/mol. The summed E-state index contributed by atoms with van der Waals surface area (Å²) in [5.41, 5.74) is 0. The average Bonchev–Trinajstić information content (AvgIpc) is 1.35. The highest BCUT2D eigenvalue weighted by Gasteiger charge is 1.84. The van der Waals surface area contributed by atoms with Gasteiger partial charge in [0.15, 0.2) is 0 Å². The van der Waals surface area contributed by atoms with Crippen LogP contribution in [0.15, 0.2) is 0 Å². The van der Waals surface area contributed by atoms with Crippen LogP contribution in [0.4, 0.5) is 0 Å². The highest BCUT2D eigenvalue weighted by atomic mass is 27.1. The van der Waals surface area contributed by atoms with E-state index >= 15 is 0 Å². The van der Waals surface area contributed by atoms with Crippen LogP contribution in [-0.4, -0.2) is 23.2 Å². The lowest BCUT2D eigenvalue weighted by atomic mass is 10.2. The van der Waals surface area contributed by atoms with Crippen LogP contribution in [0.2, 0.25) is 0 Å². The van der Waals surface area contributed by atoms with Crippen LogP contribution >= 0.6 is 0 Å². The Kier molecular flexibility index (Phi) is 3.98. The van der Waals surface area contributed by atoms with Crippen molar-refractivity contribution in [2.75, 3.05) is 6.61 Å². The van der Waals surface area contributed by atoms with Crippen molar-refractivity contribution in [3.8, 4) is 0 Å². The van der Waals surface area contributed by atoms with E-state index in [1.807, 2.05) is 0 Å². The molecule has 0 heterocycles. The van der Waals surface area contributed by atoms with E-state index in [1.165, 1.54) is 0 Å². The standard InChI is InChI=1S/C4H9O.Al/c1-4(2)3-5;/h4H,3H2,1-2H3;/q-1;+1. The predicted octanol–water partition coefficient (Wildman–Crippen LogP) is 0.742. The van der Waals surface area contributed by atoms with Gasteiger partial charge in [0.05, 0.1) is 0 Å². The van der Waals surface area contributed by atoms with Crippen molar-refractivity contribution in [1.29, 1.82) is 0 Å². The first-order valence-corrected chi connectivity index (χ1v) is 2.56. The third kappa shape index (κ3) is 4.49. The van der Waals surface area contributed by atoms with Crippen molar-refractivity contribution in [1.82, 2.24) is 0 Å². The van der Waals surface area contributed by atoms with Crippen molar-refractivity contribution in [2.24, 2.45) is 5.92 Å². The first-order chi connectivity index (χ1) is 2.77. The van der Waals surface area contributed by atoms with Crippen molar-refractivity contribution >= 4 is 16.6 Å². The lowest BCUT2D eigenvalue weighted by molar-refractivity contribution is 0.295. The van der Waals surface area contributed by atoms with E-state index in [4.69, 9.17) is 3.79 Å². The molecule has 0 aromatic heterocycles. The molecule has 0 unspecified atom stereocenters. The molecule has 2 radical (unpaired) electrons. The molecule has 0 bridgehead atoms. The van der Waals surface area contributed by atoms with E-state index in [1.54, 1.807) is 0 Å². The van der Waals surface area contributed by atoms with Crippen LogP contribution in [-0.2, 0) is 3.79 Å². The minimum absolute atomic E-state index is 0.655. The summed E-state index contributed by atoms with van der Waals surface area (Å²) in [5, 5.41) is 0. The van der Waals surface area contributed by atoms with Gasteiger partial charge in [-0.25, -0.2) is 0 Å². The van der Waals surface area contributed by atoms with Gasteiger partial charge < -0.3 is 3.79 Å². The molecule has 0 aliphatic rings. The zero-order chi connectivity index (χ0) is 4.99. The van der Waals surface area contributed by atoms with Gasteiger partial charge in [0, 0.05) is 6.61 Å². The summed E-state index contributed by atoms with van der Waals surface area (Å²) in [6.45, 7) is 5.07. The third-order valence-corrected chi connectivity index (χ3v) is 0.622. The molecule has 0 atom stereocenters. The molecule has 0 aromatic carbocycles. The van der Waals surface area contributed by atoms with Crippen LogP contribution in [0.3, 0.4) is 0 Å². The van der Waals surface area contributed by atoms with Gasteiger partial charge in [-0.15, -0.1) is 0 Å². The third-order valence-electron chi connectivity index (χ3n) is 0.430. The van der Waals surface area contributed by atoms with Crippen molar-refractivity contribution in [3.05, 3.63) is 0 Å². The molecule has 0 amide bonds. The van der Waals surface area contributed by atoms with Crippen LogP contribution in [0.5, 0.6) is 0 Å². The Labute approximate surface area is 47.4 Å². The van der Waals surface area contributed by atoms with Crippen molar-refractivity contribution in [2.45, 2.75) is 13.8 Å². The molecular formula is C4H9AlO. The Morgan fingerprint density at radius 2 is 2.17 bits per heavy atom. The van der Waals surface area contributed by atoms with Gasteiger partial charge in [-0.3, -0.25) is 0 Å². The minimum atomic E-state index is 0.655. The summed E-state index contributed by atoms with van der Waals surface area (Å²) in [5.74, 6) is 0.655. The van der Waals surface area contributed by atoms with Gasteiger partial charge in [-0.2, -0.15) is 0 Å². The van der Waals surface area contributed by atoms with E-state index in [-0.39, 0.29) is 0 Å². The second-order valence-corrected chi connectivity index (χ2v) is 2.06. The highest BCUT2D eigenvalue weighted by Crippen LogP contribution is 1.87. The molecule has 0 rings (SSSR count). The lowest BCUT2D eigenvalue weighted by Crippen LogP contribution is -1.97. The number of hydrogen-bond donors (Lipinski definition) is 0. The summed E-state index contributed by atoms with van der Waals surface area (Å²) in [7, 11) is 0. The Balaban J connectivity index is 2.63. The molecule has 34 valence electrons. The van der Waals surface area contributed by atoms with Crippen LogP contribution < -0.4 is 0 Å². The number of rotatable bonds is 2. The van der Waals surface area contributed by atoms with E-state index in [0.717, 1.165) is 6.61 Å². The SMILES string of the molecule is CC(C)C[O][Al]. The quantitative estimate of drug-likeness (QED) is 0.465. The Morgan fingerprint density at radius 1 is 1.67 bits per heavy atom. The van der Waals surface area contributed by atoms with Crippen LogP contribution in [0.25, 0.3) is 0 Å². The summed E-state index contributed by atoms with van der Waals surface area (Å²) in [4.78, 5) is 0. The molecule has 0 fully saturated rings. The predicted molar refractivity (Wildman–Crippen MR) is 26.5 cm³/mol. The molecular weight excluding hydrogens is 91.0 g/mol. The summed E-state index contributed by atoms with van der Waals surface area (Å²) in [6, 6.07) is 0. The summed E-state index contributed by atoms with van der Waals surface area (Å²) in [6.07, 6.45) is 0. The molecule has 6 heavy (non-hydrogen) atoms. The van der Waals surface area contributed by atoms with Gasteiger partial charge in [0.2, 0.25) is 0 Å². The molecule has 0 aromatic rings. The van der Waals surface area contributed by atoms with Crippen LogP contribution in [0, 0.1) is 5.92 Å². The minimum Gasteiger partial charge on any atom is -0.516 e. The topological polar surface area (TPSA) is 9.23 Å². The first-order valence-electron chi connectivity index (χ1n) is 2.09. The van der Waals surface area contributed by atoms with E-state index in [0.29, 0.717) is 5.92 Å². The molecule has 0 saturated heterocycles. The monoisotopic (exact) mass is 100 g/mol. The fraction of sp³-hybridized carbons (Fsp3) is 1.00. The molecule has 0 N–H and O–H groups in total. The van der Waals surface area contributed by atoms with Gasteiger partial charge in [-0.05, 0) is 5.92 Å². The molecule has 1 nitrogen and oxygen atoms in total. The lowest BCUT2D eigenvalue weighted by Gasteiger charge is -2.00. The maximum Gasteiger partial charge on any atom is 0.369 e. The number of hydrogen-bond acceptors (Lipinski definition) is 1. The maximum absolute atomic E-state index is 4.72. The Hall–Kier alpha value is 0.492. The zero-order valence-electron chi connectivity index (χ0n) is 4.27. The first kappa shape index (κ1) is 6.49.